The van der Waals surface area contributed by atoms with E-state index in [4.69, 9.17) is 5.26 Å². The maximum absolute atomic E-state index is 12.1. The first-order valence-electron chi connectivity index (χ1n) is 3.63. The molecule has 72 valence electrons. The molecule has 0 spiro atoms. The highest BCUT2D eigenvalue weighted by Crippen LogP contribution is 2.28. The third-order valence-electron chi connectivity index (χ3n) is 1.44. The topological polar surface area (TPSA) is 36.7 Å². The van der Waals surface area contributed by atoms with Crippen molar-refractivity contribution in [2.75, 3.05) is 0 Å². The van der Waals surface area contributed by atoms with E-state index in [2.05, 4.69) is 4.98 Å². The van der Waals surface area contributed by atoms with Crippen LogP contribution in [0.4, 0.5) is 13.2 Å². The average Bonchev–Trinajstić information content (AvgIpc) is 2.14. The van der Waals surface area contributed by atoms with Gasteiger partial charge in [0.1, 0.15) is 0 Å². The first-order chi connectivity index (χ1) is 6.54. The summed E-state index contributed by atoms with van der Waals surface area (Å²) >= 11 is 0. The normalized spacial score (nSPS) is 11.6. The lowest BCUT2D eigenvalue weighted by molar-refractivity contribution is -0.137. The number of nitrogens with zero attached hydrogens (tertiary/aromatic N) is 2. The van der Waals surface area contributed by atoms with Crippen LogP contribution in [0.3, 0.4) is 0 Å². The minimum Gasteiger partial charge on any atom is -0.256 e. The van der Waals surface area contributed by atoms with Gasteiger partial charge in [0.2, 0.25) is 0 Å². The number of nitriles is 1. The van der Waals surface area contributed by atoms with Crippen LogP contribution < -0.4 is 0 Å². The number of allylic oxidation sites excluding steroid dienone is 1. The molecule has 14 heavy (non-hydrogen) atoms. The third kappa shape index (κ3) is 2.59. The summed E-state index contributed by atoms with van der Waals surface area (Å²) in [7, 11) is 0. The van der Waals surface area contributed by atoms with Gasteiger partial charge in [-0.05, 0) is 18.2 Å². The number of halogens is 3. The number of alkyl halides is 3. The van der Waals surface area contributed by atoms with Crippen molar-refractivity contribution in [3.8, 4) is 6.07 Å². The van der Waals surface area contributed by atoms with Crippen molar-refractivity contribution in [2.45, 2.75) is 6.18 Å². The largest absolute Gasteiger partial charge is 0.417 e. The molecule has 0 aliphatic rings. The second-order valence-electron chi connectivity index (χ2n) is 2.43. The van der Waals surface area contributed by atoms with Gasteiger partial charge in [0.25, 0.3) is 0 Å². The van der Waals surface area contributed by atoms with Crippen LogP contribution in [-0.2, 0) is 6.18 Å². The molecular weight excluding hydrogens is 193 g/mol. The van der Waals surface area contributed by atoms with Crippen LogP contribution in [-0.4, -0.2) is 4.98 Å². The van der Waals surface area contributed by atoms with Gasteiger partial charge >= 0.3 is 6.18 Å². The zero-order valence-corrected chi connectivity index (χ0v) is 6.92. The van der Waals surface area contributed by atoms with E-state index < -0.39 is 11.7 Å². The van der Waals surface area contributed by atoms with Gasteiger partial charge in [0, 0.05) is 12.3 Å². The zero-order valence-electron chi connectivity index (χ0n) is 6.92. The zero-order chi connectivity index (χ0) is 10.6. The van der Waals surface area contributed by atoms with Crippen LogP contribution in [0, 0.1) is 11.3 Å². The highest BCUT2D eigenvalue weighted by molar-refractivity contribution is 5.47. The number of rotatable bonds is 1. The quantitative estimate of drug-likeness (QED) is 0.650. The Bertz CT molecular complexity index is 371. The summed E-state index contributed by atoms with van der Waals surface area (Å²) in [4.78, 5) is 3.52. The molecule has 5 heteroatoms. The highest BCUT2D eigenvalue weighted by Gasteiger charge is 2.30. The van der Waals surface area contributed by atoms with E-state index >= 15 is 0 Å². The van der Waals surface area contributed by atoms with Crippen molar-refractivity contribution in [1.29, 1.82) is 5.26 Å². The molecule has 0 saturated heterocycles. The SMILES string of the molecule is N#CC=Cc1ccc(C(F)(F)F)cn1. The third-order valence-corrected chi connectivity index (χ3v) is 1.44. The Hall–Kier alpha value is -1.83. The van der Waals surface area contributed by atoms with E-state index in [9.17, 15) is 13.2 Å². The van der Waals surface area contributed by atoms with Gasteiger partial charge in [-0.2, -0.15) is 18.4 Å². The van der Waals surface area contributed by atoms with Gasteiger partial charge in [-0.1, -0.05) is 0 Å². The van der Waals surface area contributed by atoms with Crippen LogP contribution in [0.15, 0.2) is 24.4 Å². The van der Waals surface area contributed by atoms with Crippen LogP contribution in [0.5, 0.6) is 0 Å². The predicted molar refractivity (Wildman–Crippen MR) is 43.9 cm³/mol. The Balaban J connectivity index is 2.91. The average molecular weight is 198 g/mol. The first-order valence-corrected chi connectivity index (χ1v) is 3.63. The lowest BCUT2D eigenvalue weighted by Crippen LogP contribution is -2.05. The van der Waals surface area contributed by atoms with E-state index in [0.29, 0.717) is 5.69 Å². The fourth-order valence-corrected chi connectivity index (χ4v) is 0.794. The molecule has 0 N–H and O–H groups in total. The summed E-state index contributed by atoms with van der Waals surface area (Å²) in [6.45, 7) is 0. The Kier molecular flexibility index (Phi) is 2.87. The van der Waals surface area contributed by atoms with Gasteiger partial charge in [-0.25, -0.2) is 0 Å². The maximum atomic E-state index is 12.1. The molecule has 1 rings (SSSR count). The van der Waals surface area contributed by atoms with Crippen molar-refractivity contribution in [2.24, 2.45) is 0 Å². The molecule has 0 aliphatic carbocycles. The lowest BCUT2D eigenvalue weighted by atomic mass is 10.2. The standard InChI is InChI=1S/C9H5F3N2/c10-9(11,12)7-3-4-8(14-6-7)2-1-5-13/h1-4,6H. The van der Waals surface area contributed by atoms with Gasteiger partial charge in [0.05, 0.1) is 17.3 Å². The number of hydrogen-bond acceptors (Lipinski definition) is 2. The molecule has 0 aliphatic heterocycles. The monoisotopic (exact) mass is 198 g/mol. The molecule has 0 amide bonds. The first kappa shape index (κ1) is 10.3. The predicted octanol–water partition coefficient (Wildman–Crippen LogP) is 2.64. The number of aromatic nitrogens is 1. The fourth-order valence-electron chi connectivity index (χ4n) is 0.794. The van der Waals surface area contributed by atoms with E-state index in [1.54, 1.807) is 6.07 Å². The van der Waals surface area contributed by atoms with Crippen LogP contribution >= 0.6 is 0 Å². The molecule has 0 atom stereocenters. The molecule has 1 aromatic rings. The highest BCUT2D eigenvalue weighted by atomic mass is 19.4. The van der Waals surface area contributed by atoms with E-state index in [1.807, 2.05) is 0 Å². The molecule has 0 bridgehead atoms. The summed E-state index contributed by atoms with van der Waals surface area (Å²) in [6, 6.07) is 3.84. The summed E-state index contributed by atoms with van der Waals surface area (Å²) in [5, 5.41) is 8.17. The van der Waals surface area contributed by atoms with E-state index in [-0.39, 0.29) is 0 Å². The maximum Gasteiger partial charge on any atom is 0.417 e. The molecular formula is C9H5F3N2. The fraction of sp³-hybridized carbons (Fsp3) is 0.111. The Morgan fingerprint density at radius 3 is 2.50 bits per heavy atom. The van der Waals surface area contributed by atoms with Crippen LogP contribution in [0.25, 0.3) is 6.08 Å². The number of pyridine rings is 1. The van der Waals surface area contributed by atoms with Crippen LogP contribution in [0.1, 0.15) is 11.3 Å². The van der Waals surface area contributed by atoms with Gasteiger partial charge < -0.3 is 0 Å². The lowest BCUT2D eigenvalue weighted by Gasteiger charge is -2.04. The van der Waals surface area contributed by atoms with Crippen molar-refractivity contribution in [3.63, 3.8) is 0 Å². The Morgan fingerprint density at radius 2 is 2.07 bits per heavy atom. The molecule has 0 aromatic carbocycles. The summed E-state index contributed by atoms with van der Waals surface area (Å²) in [5.41, 5.74) is -0.480. The van der Waals surface area contributed by atoms with E-state index in [1.165, 1.54) is 12.1 Å². The van der Waals surface area contributed by atoms with E-state index in [0.717, 1.165) is 18.3 Å². The molecule has 0 radical (unpaired) electrons. The van der Waals surface area contributed by atoms with Crippen molar-refractivity contribution < 1.29 is 13.2 Å². The summed E-state index contributed by atoms with van der Waals surface area (Å²) in [6.07, 6.45) is -1.16. The van der Waals surface area contributed by atoms with Crippen molar-refractivity contribution >= 4 is 6.08 Å². The van der Waals surface area contributed by atoms with Gasteiger partial charge in [-0.3, -0.25) is 4.98 Å². The number of hydrogen-bond donors (Lipinski definition) is 0. The molecule has 1 heterocycles. The van der Waals surface area contributed by atoms with Crippen molar-refractivity contribution in [1.82, 2.24) is 4.98 Å². The minimum absolute atomic E-state index is 0.319. The van der Waals surface area contributed by atoms with Crippen molar-refractivity contribution in [3.05, 3.63) is 35.7 Å². The van der Waals surface area contributed by atoms with Gasteiger partial charge in [-0.15, -0.1) is 0 Å². The second kappa shape index (κ2) is 3.92. The second-order valence-corrected chi connectivity index (χ2v) is 2.43. The summed E-state index contributed by atoms with van der Waals surface area (Å²) < 4.78 is 36.2. The smallest absolute Gasteiger partial charge is 0.256 e. The Labute approximate surface area is 78.3 Å². The summed E-state index contributed by atoms with van der Waals surface area (Å²) in [5.74, 6) is 0. The molecule has 0 unspecified atom stereocenters. The Morgan fingerprint density at radius 1 is 1.36 bits per heavy atom. The van der Waals surface area contributed by atoms with Gasteiger partial charge in [0.15, 0.2) is 0 Å². The molecule has 2 nitrogen and oxygen atoms in total. The molecule has 1 aromatic heterocycles. The molecule has 0 fully saturated rings. The minimum atomic E-state index is -4.37. The molecule has 0 saturated carbocycles. The van der Waals surface area contributed by atoms with Crippen LogP contribution in [0.2, 0.25) is 0 Å².